The molecule has 4 rings (SSSR count). The number of guanidine groups is 3. The number of aromatic amines is 3. The van der Waals surface area contributed by atoms with Gasteiger partial charge < -0.3 is 97.4 Å². The second-order valence-electron chi connectivity index (χ2n) is 40.1. The van der Waals surface area contributed by atoms with Gasteiger partial charge in [0, 0.05) is 149 Å². The lowest BCUT2D eigenvalue weighted by Crippen LogP contribution is -2.50. The molecule has 800 valence electrons. The van der Waals surface area contributed by atoms with Crippen molar-refractivity contribution in [3.05, 3.63) is 84.5 Å². The number of nitrogens with one attached hydrogen (secondary N) is 10. The zero-order valence-corrected chi connectivity index (χ0v) is 87.7. The van der Waals surface area contributed by atoms with E-state index in [0.29, 0.717) is 49.2 Å². The van der Waals surface area contributed by atoms with Gasteiger partial charge >= 0.3 is 0 Å². The molecule has 0 aliphatic heterocycles. The van der Waals surface area contributed by atoms with Crippen molar-refractivity contribution in [2.75, 3.05) is 19.6 Å². The van der Waals surface area contributed by atoms with E-state index < -0.39 is 155 Å². The lowest BCUT2D eigenvalue weighted by Gasteiger charge is -2.28. The van der Waals surface area contributed by atoms with E-state index in [0.717, 1.165) is 24.8 Å². The molecular formula is C104H173N23O16. The number of unbranched alkanes of at least 4 members (excludes halogenated alkanes) is 12. The number of carbonyl (C=O) groups excluding carboxylic acids is 15. The van der Waals surface area contributed by atoms with Gasteiger partial charge in [-0.15, -0.1) is 0 Å². The molecule has 8 amide bonds. The quantitative estimate of drug-likeness (QED) is 0.0111. The van der Waals surface area contributed by atoms with Crippen LogP contribution in [0.1, 0.15) is 319 Å². The number of ketones is 7. The Balaban J connectivity index is 0.000000817. The van der Waals surface area contributed by atoms with Crippen LogP contribution in [0.25, 0.3) is 0 Å². The molecule has 39 heteroatoms. The maximum Gasteiger partial charge on any atom is 0.224 e. The minimum absolute atomic E-state index is 0.00204. The molecule has 39 nitrogen and oxygen atoms in total. The molecule has 1 aromatic carbocycles. The fourth-order valence-corrected chi connectivity index (χ4v) is 17.1. The summed E-state index contributed by atoms with van der Waals surface area (Å²) in [5, 5.41) is 29.8. The molecule has 0 saturated carbocycles. The number of amides is 8. The third kappa shape index (κ3) is 51.6. The fourth-order valence-electron chi connectivity index (χ4n) is 17.1. The number of Topliss-reactive ketones (excluding diaryl/α,β-unsaturated/α-hetero) is 7. The summed E-state index contributed by atoms with van der Waals surface area (Å²) >= 11 is 0. The van der Waals surface area contributed by atoms with Gasteiger partial charge in [-0.1, -0.05) is 186 Å². The fraction of sp³-hybridized carbons (Fsp3) is 0.683. The van der Waals surface area contributed by atoms with E-state index >= 15 is 0 Å². The number of phenolic OH excluding ortho intramolecular Hbond substituents is 1. The number of nitrogens with two attached hydrogens (primary N) is 7. The molecule has 0 bridgehead atoms. The SMILES string of the molecule is CCCCCCCCCCCCCCCC(=O)N[C@@H](Cc1cnc[nH]1)C(=O)C[C@@H](C)C(=O)N[C@H](C(=O)C[C@@H](Cc1cnc[nH]1)C(=O)N[C@@H](C)C(C)=O)C(C)C.CC[C@@H](Cc1ccc(O)cc1)C(=O)N[C@@H](CCCN=C(N)N)C(=O)C[C@@H](Cc1cnc[nH]1)C(=O)N[C@@H](CCCN=C(N)N)C(=O)C[C@@H](CCCN=C(N)N)C(=O)N[C@@H](CC(C)C)C(=O)C[C@@H](CC(C)C)C(=O)N[C@H](C(=O)C[C@H](C(N)=O)[C@@H](C)CC)C(C)C. The highest BCUT2D eigenvalue weighted by molar-refractivity contribution is 6.00. The maximum atomic E-state index is 14.9. The van der Waals surface area contributed by atoms with Crippen molar-refractivity contribution in [3.63, 3.8) is 0 Å². The van der Waals surface area contributed by atoms with E-state index in [4.69, 9.17) is 40.1 Å². The largest absolute Gasteiger partial charge is 0.508 e. The van der Waals surface area contributed by atoms with Gasteiger partial charge in [-0.25, -0.2) is 15.0 Å². The van der Waals surface area contributed by atoms with Gasteiger partial charge in [-0.2, -0.15) is 0 Å². The molecule has 0 fully saturated rings. The number of aromatic hydroxyl groups is 1. The summed E-state index contributed by atoms with van der Waals surface area (Å²) in [4.78, 5) is 240. The van der Waals surface area contributed by atoms with Crippen molar-refractivity contribution in [1.29, 1.82) is 0 Å². The first-order valence-electron chi connectivity index (χ1n) is 51.7. The molecule has 0 aliphatic rings. The molecule has 3 heterocycles. The van der Waals surface area contributed by atoms with Gasteiger partial charge in [-0.3, -0.25) is 86.9 Å². The minimum atomic E-state index is -1.25. The van der Waals surface area contributed by atoms with Gasteiger partial charge in [0.1, 0.15) is 5.75 Å². The molecular weight excluding hydrogens is 1830 g/mol. The van der Waals surface area contributed by atoms with E-state index in [1.165, 1.54) is 108 Å². The Bertz CT molecular complexity index is 4600. The van der Waals surface area contributed by atoms with Crippen LogP contribution in [-0.2, 0) is 97.6 Å². The zero-order chi connectivity index (χ0) is 107. The monoisotopic (exact) mass is 2000 g/mol. The lowest BCUT2D eigenvalue weighted by atomic mass is 9.83. The standard InChI is InChI=1S/C62H104N16O10.C42H69N7O6/c1-10-38(9)46(55(63)84)32-53(83)54(37(7)8)78-59(88)42(25-35(3)4)30-52(82)49(26-36(5)6)77-57(86)41(15-12-22-71-60(64)65)29-50(80)47(16-13-23-72-61(66)67)76-58(87)43(28-44-33-70-34-74-44)31-51(81)48(17-14-24-73-62(68)69)75-56(85)40(11-2)27-39-18-20-45(79)21-19-39;1-7-8-9-10-11-12-13-14-15-16-17-18-19-20-39(53)48-36(24-35-26-44-28-46-35)37(51)21-30(4)41(54)49-40(29(2)3)38(52)23-33(22-34-25-43-27-45-34)42(55)47-31(5)32(6)50/h18-21,33-38,40-43,46-49,54,79H,10-17,22-32H2,1-9H3,(H2,63,84)(H,70,74)(H,75,85)(H,76,87)(H,77,86)(H,78,88)(H4,64,65,71)(H4,66,67,72)(H4,68,69,73);25-31,33,36,40H,7-24H2,1-6H3,(H,43,45)(H,44,46)(H,47,55)(H,48,53)(H,49,54)/t38-,40-,41+,42+,43+,46-,47-,48-,49-,54-;30-,31+,33-,36+,40+/m01/s1. The number of aliphatic imine (C=N–C) groups is 3. The Hall–Kier alpha value is -12.1. The van der Waals surface area contributed by atoms with Crippen molar-refractivity contribution in [3.8, 4) is 5.75 Å². The van der Waals surface area contributed by atoms with E-state index in [-0.39, 0.29) is 192 Å². The van der Waals surface area contributed by atoms with Crippen molar-refractivity contribution >= 4 is 106 Å². The van der Waals surface area contributed by atoms with Crippen LogP contribution >= 0.6 is 0 Å². The molecule has 3 aromatic heterocycles. The Morgan fingerprint density at radius 3 is 1.18 bits per heavy atom. The summed E-state index contributed by atoms with van der Waals surface area (Å²) in [5.74, 6) is -14.1. The minimum Gasteiger partial charge on any atom is -0.508 e. The molecule has 0 saturated heterocycles. The highest BCUT2D eigenvalue weighted by atomic mass is 16.3. The van der Waals surface area contributed by atoms with Crippen molar-refractivity contribution in [2.24, 2.45) is 126 Å². The maximum absolute atomic E-state index is 14.9. The van der Waals surface area contributed by atoms with E-state index in [9.17, 15) is 77.0 Å². The third-order valence-corrected chi connectivity index (χ3v) is 25.9. The zero-order valence-electron chi connectivity index (χ0n) is 87.7. The van der Waals surface area contributed by atoms with Crippen LogP contribution in [0, 0.1) is 71.0 Å². The molecule has 0 aliphatic carbocycles. The molecule has 4 aromatic rings. The molecule has 0 radical (unpaired) electrons. The lowest BCUT2D eigenvalue weighted by molar-refractivity contribution is -0.136. The Labute approximate surface area is 846 Å². The number of carbonyl (C=O) groups is 15. The number of nitrogens with zero attached hydrogens (tertiary/aromatic N) is 6. The van der Waals surface area contributed by atoms with E-state index in [1.807, 2.05) is 48.5 Å². The second-order valence-corrected chi connectivity index (χ2v) is 40.1. The van der Waals surface area contributed by atoms with Gasteiger partial charge in [0.05, 0.1) is 73.1 Å². The summed E-state index contributed by atoms with van der Waals surface area (Å²) < 4.78 is 0. The number of primary amides is 1. The Morgan fingerprint density at radius 2 is 0.755 bits per heavy atom. The first kappa shape index (κ1) is 125. The van der Waals surface area contributed by atoms with Crippen molar-refractivity contribution in [1.82, 2.24) is 67.1 Å². The average Bonchev–Trinajstić information content (AvgIpc) is 1.57. The van der Waals surface area contributed by atoms with E-state index in [1.54, 1.807) is 66.1 Å². The summed E-state index contributed by atoms with van der Waals surface area (Å²) in [6.07, 6.45) is 26.6. The van der Waals surface area contributed by atoms with Crippen molar-refractivity contribution in [2.45, 2.75) is 364 Å². The highest BCUT2D eigenvalue weighted by Gasteiger charge is 2.40. The summed E-state index contributed by atoms with van der Waals surface area (Å²) in [6, 6.07) is -0.403. The summed E-state index contributed by atoms with van der Waals surface area (Å²) in [6.45, 7) is 27.4. The predicted octanol–water partition coefficient (Wildman–Crippen LogP) is 8.90. The molecule has 15 atom stereocenters. The number of aromatic nitrogens is 6. The van der Waals surface area contributed by atoms with Crippen LogP contribution in [0.4, 0.5) is 0 Å². The first-order chi connectivity index (χ1) is 67.8. The topological polar surface area (TPSA) is 666 Å². The van der Waals surface area contributed by atoms with Crippen LogP contribution in [-0.4, -0.2) is 203 Å². The molecule has 0 spiro atoms. The first-order valence-corrected chi connectivity index (χ1v) is 51.7. The van der Waals surface area contributed by atoms with Gasteiger partial charge in [0.2, 0.25) is 47.3 Å². The van der Waals surface area contributed by atoms with E-state index in [2.05, 4.69) is 89.0 Å². The number of imidazole rings is 3. The van der Waals surface area contributed by atoms with Crippen LogP contribution in [0.2, 0.25) is 0 Å². The van der Waals surface area contributed by atoms with Crippen LogP contribution in [0.3, 0.4) is 0 Å². The van der Waals surface area contributed by atoms with Gasteiger partial charge in [0.25, 0.3) is 0 Å². The van der Waals surface area contributed by atoms with Gasteiger partial charge in [-0.05, 0) is 132 Å². The predicted molar refractivity (Wildman–Crippen MR) is 554 cm³/mol. The number of hydrogen-bond acceptors (Lipinski definition) is 22. The number of benzene rings is 1. The number of H-pyrrole nitrogens is 3. The highest BCUT2D eigenvalue weighted by Crippen LogP contribution is 2.28. The van der Waals surface area contributed by atoms with Crippen LogP contribution in [0.15, 0.2) is 76.8 Å². The van der Waals surface area contributed by atoms with Gasteiger partial charge in [0.15, 0.2) is 58.4 Å². The second kappa shape index (κ2) is 69.0. The summed E-state index contributed by atoms with van der Waals surface area (Å²) in [7, 11) is 0. The number of rotatable bonds is 76. The molecule has 25 N–H and O–H groups in total. The third-order valence-electron chi connectivity index (χ3n) is 25.9. The van der Waals surface area contributed by atoms with Crippen LogP contribution in [0.5, 0.6) is 5.75 Å². The molecule has 0 unspecified atom stereocenters. The smallest absolute Gasteiger partial charge is 0.224 e. The Kier molecular flexibility index (Phi) is 60.3. The van der Waals surface area contributed by atoms with Crippen molar-refractivity contribution < 1.29 is 77.0 Å². The molecule has 143 heavy (non-hydrogen) atoms. The summed E-state index contributed by atoms with van der Waals surface area (Å²) in [5.41, 5.74) is 42.0. The normalized spacial score (nSPS) is 14.5. The Morgan fingerprint density at radius 1 is 0.371 bits per heavy atom. The number of hydrogen-bond donors (Lipinski definition) is 18. The number of phenols is 1. The van der Waals surface area contributed by atoms with Crippen LogP contribution < -0.4 is 77.4 Å². The average molecular weight is 2000 g/mol.